The first kappa shape index (κ1) is 12.7. The van der Waals surface area contributed by atoms with Gasteiger partial charge in [0.1, 0.15) is 12.4 Å². The molecule has 0 unspecified atom stereocenters. The van der Waals surface area contributed by atoms with Crippen LogP contribution in [0.5, 0.6) is 5.75 Å². The maximum atomic E-state index is 5.89. The number of hydrogen-bond acceptors (Lipinski definition) is 2. The summed E-state index contributed by atoms with van der Waals surface area (Å²) in [5.74, 6) is 0.983. The molecule has 1 N–H and O–H groups in total. The zero-order chi connectivity index (χ0) is 12.6. The third kappa shape index (κ3) is 3.60. The summed E-state index contributed by atoms with van der Waals surface area (Å²) in [6.45, 7) is 1.59. The van der Waals surface area contributed by atoms with Gasteiger partial charge >= 0.3 is 0 Å². The van der Waals surface area contributed by atoms with Crippen molar-refractivity contribution in [3.63, 3.8) is 0 Å². The number of nitrogens with one attached hydrogen (secondary N) is 1. The first-order valence-corrected chi connectivity index (χ1v) is 6.29. The van der Waals surface area contributed by atoms with Crippen molar-refractivity contribution in [3.05, 3.63) is 65.7 Å². The predicted octanol–water partition coefficient (Wildman–Crippen LogP) is 3.03. The number of rotatable bonds is 6. The highest BCUT2D eigenvalue weighted by Crippen LogP contribution is 2.19. The Kier molecular flexibility index (Phi) is 4.79. The Morgan fingerprint density at radius 2 is 1.67 bits per heavy atom. The first-order valence-electron chi connectivity index (χ1n) is 6.29. The Morgan fingerprint density at radius 3 is 2.44 bits per heavy atom. The molecule has 0 saturated carbocycles. The molecule has 0 fully saturated rings. The number of hydrogen-bond donors (Lipinski definition) is 1. The summed E-state index contributed by atoms with van der Waals surface area (Å²) in [5.41, 5.74) is 2.45. The van der Waals surface area contributed by atoms with Crippen molar-refractivity contribution in [3.8, 4) is 5.75 Å². The summed E-state index contributed by atoms with van der Waals surface area (Å²) in [6, 6.07) is 18.5. The van der Waals surface area contributed by atoms with E-state index in [2.05, 4.69) is 29.6 Å². The van der Waals surface area contributed by atoms with Crippen LogP contribution in [0, 0.1) is 0 Å². The lowest BCUT2D eigenvalue weighted by Gasteiger charge is -2.11. The molecule has 0 aromatic heterocycles. The Bertz CT molecular complexity index is 468. The van der Waals surface area contributed by atoms with Gasteiger partial charge in [0.15, 0.2) is 0 Å². The van der Waals surface area contributed by atoms with E-state index in [0.717, 1.165) is 18.7 Å². The van der Waals surface area contributed by atoms with Crippen molar-refractivity contribution < 1.29 is 4.74 Å². The maximum Gasteiger partial charge on any atom is 0.123 e. The van der Waals surface area contributed by atoms with Gasteiger partial charge in [-0.15, -0.1) is 0 Å². The van der Waals surface area contributed by atoms with Crippen LogP contribution in [0.3, 0.4) is 0 Å². The third-order valence-electron chi connectivity index (χ3n) is 2.85. The van der Waals surface area contributed by atoms with Gasteiger partial charge in [-0.2, -0.15) is 0 Å². The van der Waals surface area contributed by atoms with Crippen molar-refractivity contribution in [2.75, 3.05) is 13.6 Å². The maximum absolute atomic E-state index is 5.89. The van der Waals surface area contributed by atoms with Crippen molar-refractivity contribution in [1.82, 2.24) is 5.32 Å². The number of likely N-dealkylation sites (N-methyl/N-ethyl adjacent to an activating group) is 1. The summed E-state index contributed by atoms with van der Waals surface area (Å²) >= 11 is 0. The zero-order valence-electron chi connectivity index (χ0n) is 10.7. The van der Waals surface area contributed by atoms with Crippen LogP contribution in [0.1, 0.15) is 11.1 Å². The molecule has 0 heterocycles. The molecule has 18 heavy (non-hydrogen) atoms. The van der Waals surface area contributed by atoms with Gasteiger partial charge in [0.05, 0.1) is 0 Å². The second-order valence-corrected chi connectivity index (χ2v) is 4.24. The van der Waals surface area contributed by atoms with E-state index >= 15 is 0 Å². The molecule has 2 nitrogen and oxygen atoms in total. The average Bonchev–Trinajstić information content (AvgIpc) is 2.45. The summed E-state index contributed by atoms with van der Waals surface area (Å²) in [4.78, 5) is 0. The monoisotopic (exact) mass is 241 g/mol. The van der Waals surface area contributed by atoms with Gasteiger partial charge in [-0.05, 0) is 37.2 Å². The SMILES string of the molecule is CNCCc1ccccc1OCc1ccccc1. The van der Waals surface area contributed by atoms with Crippen LogP contribution in [-0.2, 0) is 13.0 Å². The van der Waals surface area contributed by atoms with Crippen LogP contribution in [0.15, 0.2) is 54.6 Å². The highest BCUT2D eigenvalue weighted by Gasteiger charge is 2.02. The molecule has 0 bridgehead atoms. The minimum absolute atomic E-state index is 0.622. The smallest absolute Gasteiger partial charge is 0.123 e. The third-order valence-corrected chi connectivity index (χ3v) is 2.85. The van der Waals surface area contributed by atoms with Crippen LogP contribution in [0.25, 0.3) is 0 Å². The minimum Gasteiger partial charge on any atom is -0.489 e. The lowest BCUT2D eigenvalue weighted by molar-refractivity contribution is 0.303. The van der Waals surface area contributed by atoms with Crippen LogP contribution in [-0.4, -0.2) is 13.6 Å². The van der Waals surface area contributed by atoms with E-state index in [1.165, 1.54) is 11.1 Å². The standard InChI is InChI=1S/C16H19NO/c1-17-12-11-15-9-5-6-10-16(15)18-13-14-7-3-2-4-8-14/h2-10,17H,11-13H2,1H3. The molecular weight excluding hydrogens is 222 g/mol. The second kappa shape index (κ2) is 6.82. The Balaban J connectivity index is 2.00. The fourth-order valence-electron chi connectivity index (χ4n) is 1.85. The van der Waals surface area contributed by atoms with E-state index in [9.17, 15) is 0 Å². The fraction of sp³-hybridized carbons (Fsp3) is 0.250. The summed E-state index contributed by atoms with van der Waals surface area (Å²) in [7, 11) is 1.97. The second-order valence-electron chi connectivity index (χ2n) is 4.24. The van der Waals surface area contributed by atoms with Crippen molar-refractivity contribution in [2.45, 2.75) is 13.0 Å². The van der Waals surface area contributed by atoms with Gasteiger partial charge in [0.25, 0.3) is 0 Å². The molecule has 0 aliphatic carbocycles. The number of para-hydroxylation sites is 1. The normalized spacial score (nSPS) is 10.3. The predicted molar refractivity (Wildman–Crippen MR) is 74.8 cm³/mol. The van der Waals surface area contributed by atoms with E-state index in [0.29, 0.717) is 6.61 Å². The first-order chi connectivity index (χ1) is 8.90. The molecule has 2 aromatic rings. The largest absolute Gasteiger partial charge is 0.489 e. The average molecular weight is 241 g/mol. The fourth-order valence-corrected chi connectivity index (χ4v) is 1.85. The molecule has 0 aliphatic heterocycles. The molecule has 0 radical (unpaired) electrons. The highest BCUT2D eigenvalue weighted by molar-refractivity contribution is 5.33. The molecule has 0 spiro atoms. The Morgan fingerprint density at radius 1 is 0.944 bits per heavy atom. The summed E-state index contributed by atoms with van der Waals surface area (Å²) in [5, 5.41) is 3.16. The number of benzene rings is 2. The lowest BCUT2D eigenvalue weighted by atomic mass is 10.1. The lowest BCUT2D eigenvalue weighted by Crippen LogP contribution is -2.11. The van der Waals surface area contributed by atoms with E-state index in [4.69, 9.17) is 4.74 Å². The number of ether oxygens (including phenoxy) is 1. The van der Waals surface area contributed by atoms with Gasteiger partial charge in [0.2, 0.25) is 0 Å². The Labute approximate surface area is 109 Å². The quantitative estimate of drug-likeness (QED) is 0.839. The van der Waals surface area contributed by atoms with E-state index in [1.54, 1.807) is 0 Å². The van der Waals surface area contributed by atoms with Crippen LogP contribution in [0.4, 0.5) is 0 Å². The van der Waals surface area contributed by atoms with Crippen molar-refractivity contribution in [1.29, 1.82) is 0 Å². The van der Waals surface area contributed by atoms with Gasteiger partial charge in [-0.1, -0.05) is 48.5 Å². The van der Waals surface area contributed by atoms with Crippen LogP contribution in [0.2, 0.25) is 0 Å². The topological polar surface area (TPSA) is 21.3 Å². The van der Waals surface area contributed by atoms with E-state index < -0.39 is 0 Å². The van der Waals surface area contributed by atoms with Gasteiger partial charge < -0.3 is 10.1 Å². The highest BCUT2D eigenvalue weighted by atomic mass is 16.5. The van der Waals surface area contributed by atoms with Crippen molar-refractivity contribution in [2.24, 2.45) is 0 Å². The minimum atomic E-state index is 0.622. The van der Waals surface area contributed by atoms with Crippen LogP contribution < -0.4 is 10.1 Å². The Hall–Kier alpha value is -1.80. The summed E-state index contributed by atoms with van der Waals surface area (Å²) < 4.78 is 5.89. The van der Waals surface area contributed by atoms with Gasteiger partial charge in [0, 0.05) is 0 Å². The van der Waals surface area contributed by atoms with E-state index in [1.807, 2.05) is 37.4 Å². The van der Waals surface area contributed by atoms with Crippen LogP contribution >= 0.6 is 0 Å². The molecule has 0 amide bonds. The summed E-state index contributed by atoms with van der Waals surface area (Å²) in [6.07, 6.45) is 0.988. The molecule has 2 rings (SSSR count). The van der Waals surface area contributed by atoms with E-state index in [-0.39, 0.29) is 0 Å². The molecular formula is C16H19NO. The molecule has 0 saturated heterocycles. The molecule has 94 valence electrons. The zero-order valence-corrected chi connectivity index (χ0v) is 10.7. The van der Waals surface area contributed by atoms with Gasteiger partial charge in [-0.25, -0.2) is 0 Å². The molecule has 0 atom stereocenters. The molecule has 2 aromatic carbocycles. The molecule has 0 aliphatic rings. The molecule has 2 heteroatoms. The van der Waals surface area contributed by atoms with Crippen molar-refractivity contribution >= 4 is 0 Å². The van der Waals surface area contributed by atoms with Gasteiger partial charge in [-0.3, -0.25) is 0 Å².